The van der Waals surface area contributed by atoms with E-state index in [9.17, 15) is 4.79 Å². The molecule has 1 fully saturated rings. The smallest absolute Gasteiger partial charge is 0.254 e. The van der Waals surface area contributed by atoms with E-state index < -0.39 is 0 Å². The van der Waals surface area contributed by atoms with Crippen molar-refractivity contribution in [3.63, 3.8) is 0 Å². The molecule has 4 rings (SSSR count). The van der Waals surface area contributed by atoms with Crippen molar-refractivity contribution in [2.24, 2.45) is 0 Å². The maximum Gasteiger partial charge on any atom is 0.254 e. The van der Waals surface area contributed by atoms with Crippen LogP contribution in [-0.4, -0.2) is 27.0 Å². The highest BCUT2D eigenvalue weighted by Gasteiger charge is 2.33. The Balaban J connectivity index is 1.41. The third-order valence-corrected chi connectivity index (χ3v) is 4.76. The van der Waals surface area contributed by atoms with Gasteiger partial charge in [0.25, 0.3) is 5.91 Å². The molecule has 6 nitrogen and oxygen atoms in total. The van der Waals surface area contributed by atoms with Gasteiger partial charge in [0, 0.05) is 25.1 Å². The molecule has 0 spiro atoms. The van der Waals surface area contributed by atoms with Gasteiger partial charge in [0.15, 0.2) is 6.61 Å². The summed E-state index contributed by atoms with van der Waals surface area (Å²) >= 11 is 0. The van der Waals surface area contributed by atoms with E-state index >= 15 is 0 Å². The quantitative estimate of drug-likeness (QED) is 0.621. The summed E-state index contributed by atoms with van der Waals surface area (Å²) in [6.45, 7) is 4.67. The number of amides is 1. The maximum absolute atomic E-state index is 13.0. The minimum Gasteiger partial charge on any atom is -0.485 e. The van der Waals surface area contributed by atoms with E-state index in [4.69, 9.17) is 9.26 Å². The van der Waals surface area contributed by atoms with Crippen LogP contribution in [0.1, 0.15) is 46.0 Å². The summed E-state index contributed by atoms with van der Waals surface area (Å²) in [5.74, 6) is 1.72. The number of carbonyl (C=O) groups is 1. The van der Waals surface area contributed by atoms with Gasteiger partial charge in [-0.05, 0) is 49.6 Å². The second-order valence-corrected chi connectivity index (χ2v) is 7.19. The molecule has 1 amide bonds. The van der Waals surface area contributed by atoms with Crippen molar-refractivity contribution < 1.29 is 14.1 Å². The number of carbonyl (C=O) groups excluding carboxylic acids is 1. The molecule has 0 unspecified atom stereocenters. The summed E-state index contributed by atoms with van der Waals surface area (Å²) in [5.41, 5.74) is 3.04. The van der Waals surface area contributed by atoms with E-state index in [0.29, 0.717) is 35.6 Å². The van der Waals surface area contributed by atoms with E-state index in [0.717, 1.165) is 18.4 Å². The highest BCUT2D eigenvalue weighted by molar-refractivity contribution is 5.94. The summed E-state index contributed by atoms with van der Waals surface area (Å²) < 4.78 is 10.6. The summed E-state index contributed by atoms with van der Waals surface area (Å²) in [4.78, 5) is 19.1. The standard InChI is InChI=1S/C22H23N3O3/c1-15-3-5-17(6-4-15)13-25(19-9-10-19)22(26)18-7-11-20(12-8-18)27-14-21-23-16(2)28-24-21/h3-8,11-12,19H,9-10,13-14H2,1-2H3. The van der Waals surface area contributed by atoms with Gasteiger partial charge in [-0.3, -0.25) is 4.79 Å². The molecule has 0 aliphatic heterocycles. The average molecular weight is 377 g/mol. The van der Waals surface area contributed by atoms with Crippen molar-refractivity contribution in [1.29, 1.82) is 0 Å². The first-order valence-corrected chi connectivity index (χ1v) is 9.47. The van der Waals surface area contributed by atoms with Crippen LogP contribution in [0.2, 0.25) is 0 Å². The molecule has 144 valence electrons. The molecule has 1 aromatic heterocycles. The molecule has 0 atom stereocenters. The van der Waals surface area contributed by atoms with Gasteiger partial charge in [-0.15, -0.1) is 0 Å². The molecule has 1 aliphatic carbocycles. The SMILES string of the molecule is Cc1ccc(CN(C(=O)c2ccc(OCc3noc(C)n3)cc2)C2CC2)cc1. The van der Waals surface area contributed by atoms with Crippen molar-refractivity contribution in [3.8, 4) is 5.75 Å². The molecule has 0 bridgehead atoms. The molecule has 28 heavy (non-hydrogen) atoms. The van der Waals surface area contributed by atoms with Gasteiger partial charge in [0.2, 0.25) is 11.7 Å². The fraction of sp³-hybridized carbons (Fsp3) is 0.318. The number of hydrogen-bond acceptors (Lipinski definition) is 5. The molecular weight excluding hydrogens is 354 g/mol. The number of rotatable bonds is 7. The monoisotopic (exact) mass is 377 g/mol. The Morgan fingerprint density at radius 2 is 1.82 bits per heavy atom. The second kappa shape index (κ2) is 7.84. The van der Waals surface area contributed by atoms with Gasteiger partial charge in [0.1, 0.15) is 5.75 Å². The molecule has 3 aromatic rings. The molecule has 1 heterocycles. The average Bonchev–Trinajstić information content (AvgIpc) is 3.47. The van der Waals surface area contributed by atoms with E-state index in [-0.39, 0.29) is 12.5 Å². The number of hydrogen-bond donors (Lipinski definition) is 0. The number of aromatic nitrogens is 2. The molecule has 1 aliphatic rings. The van der Waals surface area contributed by atoms with E-state index in [1.807, 2.05) is 17.0 Å². The van der Waals surface area contributed by atoms with Crippen LogP contribution in [-0.2, 0) is 13.2 Å². The third kappa shape index (κ3) is 4.39. The summed E-state index contributed by atoms with van der Waals surface area (Å²) in [6.07, 6.45) is 2.14. The predicted molar refractivity (Wildman–Crippen MR) is 104 cm³/mol. The molecule has 0 saturated heterocycles. The Morgan fingerprint density at radius 1 is 1.11 bits per heavy atom. The van der Waals surface area contributed by atoms with Gasteiger partial charge in [-0.2, -0.15) is 4.98 Å². The van der Waals surface area contributed by atoms with Crippen LogP contribution in [0.3, 0.4) is 0 Å². The molecule has 1 saturated carbocycles. The lowest BCUT2D eigenvalue weighted by molar-refractivity contribution is 0.0730. The molecule has 2 aromatic carbocycles. The Kier molecular flexibility index (Phi) is 5.10. The second-order valence-electron chi connectivity index (χ2n) is 7.19. The Hall–Kier alpha value is -3.15. The summed E-state index contributed by atoms with van der Waals surface area (Å²) in [7, 11) is 0. The molecule has 6 heteroatoms. The zero-order valence-corrected chi connectivity index (χ0v) is 16.1. The zero-order chi connectivity index (χ0) is 19.5. The van der Waals surface area contributed by atoms with E-state index in [1.54, 1.807) is 19.1 Å². The summed E-state index contributed by atoms with van der Waals surface area (Å²) in [6, 6.07) is 15.9. The van der Waals surface area contributed by atoms with Crippen LogP contribution in [0.25, 0.3) is 0 Å². The predicted octanol–water partition coefficient (Wildman–Crippen LogP) is 4.07. The minimum atomic E-state index is 0.0587. The lowest BCUT2D eigenvalue weighted by Crippen LogP contribution is -2.32. The zero-order valence-electron chi connectivity index (χ0n) is 16.1. The highest BCUT2D eigenvalue weighted by atomic mass is 16.5. The molecular formula is C22H23N3O3. The van der Waals surface area contributed by atoms with Gasteiger partial charge in [-0.25, -0.2) is 0 Å². The van der Waals surface area contributed by atoms with Crippen LogP contribution < -0.4 is 4.74 Å². The number of nitrogens with zero attached hydrogens (tertiary/aromatic N) is 3. The Bertz CT molecular complexity index is 944. The normalized spacial score (nSPS) is 13.4. The first-order valence-electron chi connectivity index (χ1n) is 9.47. The van der Waals surface area contributed by atoms with Crippen molar-refractivity contribution in [3.05, 3.63) is 76.9 Å². The van der Waals surface area contributed by atoms with Crippen LogP contribution in [0.15, 0.2) is 53.1 Å². The fourth-order valence-electron chi connectivity index (χ4n) is 3.05. The van der Waals surface area contributed by atoms with Gasteiger partial charge < -0.3 is 14.2 Å². The lowest BCUT2D eigenvalue weighted by Gasteiger charge is -2.23. The lowest BCUT2D eigenvalue weighted by atomic mass is 10.1. The molecule has 0 radical (unpaired) electrons. The van der Waals surface area contributed by atoms with Crippen LogP contribution in [0.5, 0.6) is 5.75 Å². The van der Waals surface area contributed by atoms with Crippen molar-refractivity contribution in [1.82, 2.24) is 15.0 Å². The van der Waals surface area contributed by atoms with Gasteiger partial charge >= 0.3 is 0 Å². The summed E-state index contributed by atoms with van der Waals surface area (Å²) in [5, 5.41) is 3.80. The number of ether oxygens (including phenoxy) is 1. The molecule has 0 N–H and O–H groups in total. The van der Waals surface area contributed by atoms with Crippen molar-refractivity contribution in [2.45, 2.75) is 45.9 Å². The van der Waals surface area contributed by atoms with E-state index in [2.05, 4.69) is 41.3 Å². The first-order chi connectivity index (χ1) is 13.6. The van der Waals surface area contributed by atoms with Crippen LogP contribution >= 0.6 is 0 Å². The largest absolute Gasteiger partial charge is 0.485 e. The minimum absolute atomic E-state index is 0.0587. The van der Waals surface area contributed by atoms with Gasteiger partial charge in [0.05, 0.1) is 0 Å². The van der Waals surface area contributed by atoms with E-state index in [1.165, 1.54) is 5.56 Å². The topological polar surface area (TPSA) is 68.5 Å². The van der Waals surface area contributed by atoms with Crippen LogP contribution in [0, 0.1) is 13.8 Å². The van der Waals surface area contributed by atoms with Crippen LogP contribution in [0.4, 0.5) is 0 Å². The van der Waals surface area contributed by atoms with Crippen molar-refractivity contribution in [2.75, 3.05) is 0 Å². The third-order valence-electron chi connectivity index (χ3n) is 4.76. The van der Waals surface area contributed by atoms with Gasteiger partial charge in [-0.1, -0.05) is 35.0 Å². The fourth-order valence-corrected chi connectivity index (χ4v) is 3.05. The Labute approximate surface area is 164 Å². The van der Waals surface area contributed by atoms with Crippen molar-refractivity contribution >= 4 is 5.91 Å². The Morgan fingerprint density at radius 3 is 2.43 bits per heavy atom. The maximum atomic E-state index is 13.0. The number of benzene rings is 2. The number of aryl methyl sites for hydroxylation is 2. The first kappa shape index (κ1) is 18.2. The highest BCUT2D eigenvalue weighted by Crippen LogP contribution is 2.30.